The number of hydrogen-bond donors (Lipinski definition) is 1. The molecule has 0 bridgehead atoms. The van der Waals surface area contributed by atoms with Crippen LogP contribution in [-0.2, 0) is 28.9 Å². The quantitative estimate of drug-likeness (QED) is 0.247. The monoisotopic (exact) mass is 548 g/mol. The lowest BCUT2D eigenvalue weighted by atomic mass is 9.95. The molecule has 1 unspecified atom stereocenters. The van der Waals surface area contributed by atoms with Crippen LogP contribution in [0.4, 0.5) is 5.00 Å². The van der Waals surface area contributed by atoms with Gasteiger partial charge in [-0.3, -0.25) is 4.79 Å². The molecule has 1 N–H and O–H groups in total. The summed E-state index contributed by atoms with van der Waals surface area (Å²) in [6, 6.07) is 7.27. The molecular weight excluding hydrogens is 520 g/mol. The van der Waals surface area contributed by atoms with E-state index >= 15 is 0 Å². The van der Waals surface area contributed by atoms with Crippen LogP contribution in [0.3, 0.4) is 0 Å². The van der Waals surface area contributed by atoms with Gasteiger partial charge in [-0.2, -0.15) is 0 Å². The summed E-state index contributed by atoms with van der Waals surface area (Å²) >= 11 is 8.99. The van der Waals surface area contributed by atoms with Crippen molar-refractivity contribution in [3.8, 4) is 5.75 Å². The van der Waals surface area contributed by atoms with Crippen molar-refractivity contribution in [3.63, 3.8) is 0 Å². The molecule has 0 saturated carbocycles. The second-order valence-electron chi connectivity index (χ2n) is 8.25. The van der Waals surface area contributed by atoms with Gasteiger partial charge in [-0.05, 0) is 64.2 Å². The van der Waals surface area contributed by atoms with E-state index < -0.39 is 0 Å². The van der Waals surface area contributed by atoms with Gasteiger partial charge in [0.25, 0.3) is 0 Å². The molecule has 1 amide bonds. The first-order chi connectivity index (χ1) is 17.4. The van der Waals surface area contributed by atoms with Crippen molar-refractivity contribution < 1.29 is 19.1 Å². The number of halogens is 1. The standard InChI is InChI=1S/C25H29ClN4O4S2/c1-4-30-22(15(3)34-18-12-8-7-11-17(18)26)28-29-25(30)35-14-20(31)27-23-21(24(32)33-5-2)16-10-6-9-13-19(16)36-23/h7-8,11-12,15H,4-6,9-10,13-14H2,1-3H3,(H,27,31). The van der Waals surface area contributed by atoms with Crippen LogP contribution >= 0.6 is 34.7 Å². The fraction of sp³-hybridized carbons (Fsp3) is 0.440. The lowest BCUT2D eigenvalue weighted by Gasteiger charge is -2.16. The smallest absolute Gasteiger partial charge is 0.341 e. The number of aromatic nitrogens is 3. The number of thiophene rings is 1. The number of ether oxygens (including phenoxy) is 2. The fourth-order valence-corrected chi connectivity index (χ4v) is 6.44. The molecule has 2 heterocycles. The number of nitrogens with zero attached hydrogens (tertiary/aromatic N) is 3. The van der Waals surface area contributed by atoms with Crippen LogP contribution in [0.2, 0.25) is 5.02 Å². The van der Waals surface area contributed by atoms with Gasteiger partial charge < -0.3 is 19.4 Å². The van der Waals surface area contributed by atoms with Crippen molar-refractivity contribution in [2.24, 2.45) is 0 Å². The number of esters is 1. The third kappa shape index (κ3) is 5.87. The number of amides is 1. The maximum atomic E-state index is 12.9. The second-order valence-corrected chi connectivity index (χ2v) is 10.7. The average molecular weight is 549 g/mol. The van der Waals surface area contributed by atoms with Crippen LogP contribution in [0, 0.1) is 0 Å². The Morgan fingerprint density at radius 1 is 1.22 bits per heavy atom. The highest BCUT2D eigenvalue weighted by molar-refractivity contribution is 7.99. The highest BCUT2D eigenvalue weighted by Gasteiger charge is 2.27. The van der Waals surface area contributed by atoms with Gasteiger partial charge in [-0.15, -0.1) is 21.5 Å². The van der Waals surface area contributed by atoms with E-state index in [1.807, 2.05) is 30.5 Å². The Bertz CT molecular complexity index is 1240. The predicted octanol–water partition coefficient (Wildman–Crippen LogP) is 5.94. The Kier molecular flexibility index (Phi) is 8.92. The van der Waals surface area contributed by atoms with Crippen LogP contribution < -0.4 is 10.1 Å². The Balaban J connectivity index is 1.44. The molecule has 0 aliphatic heterocycles. The molecule has 0 spiro atoms. The van der Waals surface area contributed by atoms with E-state index in [0.29, 0.717) is 45.5 Å². The molecule has 0 fully saturated rings. The van der Waals surface area contributed by atoms with E-state index in [0.717, 1.165) is 36.1 Å². The number of anilines is 1. The normalized spacial score (nSPS) is 13.7. The van der Waals surface area contributed by atoms with Crippen molar-refractivity contribution in [2.45, 2.75) is 64.3 Å². The predicted molar refractivity (Wildman–Crippen MR) is 142 cm³/mol. The molecule has 1 aliphatic carbocycles. The summed E-state index contributed by atoms with van der Waals surface area (Å²) in [6.45, 7) is 6.56. The zero-order valence-electron chi connectivity index (χ0n) is 20.5. The molecule has 192 valence electrons. The maximum Gasteiger partial charge on any atom is 0.341 e. The summed E-state index contributed by atoms with van der Waals surface area (Å²) in [5, 5.41) is 13.3. The minimum Gasteiger partial charge on any atom is -0.481 e. The van der Waals surface area contributed by atoms with E-state index in [-0.39, 0.29) is 23.7 Å². The van der Waals surface area contributed by atoms with Gasteiger partial charge in [-0.1, -0.05) is 35.5 Å². The first kappa shape index (κ1) is 26.5. The summed E-state index contributed by atoms with van der Waals surface area (Å²) in [4.78, 5) is 26.7. The molecule has 3 aromatic rings. The molecule has 1 aliphatic rings. The van der Waals surface area contributed by atoms with Crippen molar-refractivity contribution >= 4 is 51.6 Å². The van der Waals surface area contributed by atoms with Gasteiger partial charge in [0.05, 0.1) is 22.9 Å². The average Bonchev–Trinajstić information content (AvgIpc) is 3.45. The van der Waals surface area contributed by atoms with Crippen molar-refractivity contribution in [3.05, 3.63) is 51.1 Å². The zero-order chi connectivity index (χ0) is 25.7. The Labute approximate surface area is 223 Å². The second kappa shape index (κ2) is 12.1. The van der Waals surface area contributed by atoms with Gasteiger partial charge in [0, 0.05) is 11.4 Å². The zero-order valence-corrected chi connectivity index (χ0v) is 22.9. The van der Waals surface area contributed by atoms with Gasteiger partial charge in [0.1, 0.15) is 10.8 Å². The third-order valence-electron chi connectivity index (χ3n) is 5.80. The molecule has 11 heteroatoms. The molecule has 4 rings (SSSR count). The highest BCUT2D eigenvalue weighted by Crippen LogP contribution is 2.39. The minimum atomic E-state index is -0.384. The highest BCUT2D eigenvalue weighted by atomic mass is 35.5. The van der Waals surface area contributed by atoms with Gasteiger partial charge in [0.15, 0.2) is 17.1 Å². The molecule has 0 radical (unpaired) electrons. The summed E-state index contributed by atoms with van der Waals surface area (Å²) < 4.78 is 13.2. The van der Waals surface area contributed by atoms with Crippen LogP contribution in [0.25, 0.3) is 0 Å². The molecular formula is C25H29ClN4O4S2. The van der Waals surface area contributed by atoms with Gasteiger partial charge >= 0.3 is 5.97 Å². The first-order valence-corrected chi connectivity index (χ1v) is 14.2. The molecule has 1 atom stereocenters. The van der Waals surface area contributed by atoms with Crippen molar-refractivity contribution in [2.75, 3.05) is 17.7 Å². The molecule has 36 heavy (non-hydrogen) atoms. The largest absolute Gasteiger partial charge is 0.481 e. The number of carbonyl (C=O) groups is 2. The number of para-hydroxylation sites is 1. The van der Waals surface area contributed by atoms with Crippen LogP contribution in [0.15, 0.2) is 29.4 Å². The Morgan fingerprint density at radius 3 is 2.75 bits per heavy atom. The fourth-order valence-electron chi connectivity index (χ4n) is 4.15. The van der Waals surface area contributed by atoms with E-state index in [2.05, 4.69) is 15.5 Å². The number of carbonyl (C=O) groups excluding carboxylic acids is 2. The first-order valence-electron chi connectivity index (χ1n) is 12.0. The molecule has 1 aromatic carbocycles. The molecule has 0 saturated heterocycles. The number of fused-ring (bicyclic) bond motifs is 1. The molecule has 8 nitrogen and oxygen atoms in total. The Hall–Kier alpha value is -2.56. The summed E-state index contributed by atoms with van der Waals surface area (Å²) in [5.41, 5.74) is 1.54. The number of rotatable bonds is 10. The van der Waals surface area contributed by atoms with Crippen LogP contribution in [0.5, 0.6) is 5.75 Å². The third-order valence-corrected chi connectivity index (χ3v) is 8.29. The summed E-state index contributed by atoms with van der Waals surface area (Å²) in [5.74, 6) is 0.764. The van der Waals surface area contributed by atoms with Crippen molar-refractivity contribution in [1.82, 2.24) is 14.8 Å². The summed E-state index contributed by atoms with van der Waals surface area (Å²) in [6.07, 6.45) is 3.50. The number of benzene rings is 1. The summed E-state index contributed by atoms with van der Waals surface area (Å²) in [7, 11) is 0. The van der Waals surface area contributed by atoms with E-state index in [1.165, 1.54) is 23.1 Å². The van der Waals surface area contributed by atoms with E-state index in [1.54, 1.807) is 19.1 Å². The lowest BCUT2D eigenvalue weighted by molar-refractivity contribution is -0.113. The van der Waals surface area contributed by atoms with Gasteiger partial charge in [-0.25, -0.2) is 4.79 Å². The number of thioether (sulfide) groups is 1. The minimum absolute atomic E-state index is 0.128. The maximum absolute atomic E-state index is 12.9. The van der Waals surface area contributed by atoms with E-state index in [9.17, 15) is 9.59 Å². The van der Waals surface area contributed by atoms with Crippen molar-refractivity contribution in [1.29, 1.82) is 0 Å². The molecule has 2 aromatic heterocycles. The number of hydrogen-bond acceptors (Lipinski definition) is 8. The lowest BCUT2D eigenvalue weighted by Crippen LogP contribution is -2.17. The Morgan fingerprint density at radius 2 is 2.00 bits per heavy atom. The van der Waals surface area contributed by atoms with Crippen LogP contribution in [0.1, 0.15) is 66.3 Å². The van der Waals surface area contributed by atoms with E-state index in [4.69, 9.17) is 21.1 Å². The van der Waals surface area contributed by atoms with Gasteiger partial charge in [0.2, 0.25) is 5.91 Å². The van der Waals surface area contributed by atoms with Crippen LogP contribution in [-0.4, -0.2) is 39.0 Å². The topological polar surface area (TPSA) is 95.3 Å². The number of nitrogens with one attached hydrogen (secondary N) is 1. The SMILES string of the molecule is CCOC(=O)c1c(NC(=O)CSc2nnc(C(C)Oc3ccccc3Cl)n2CC)sc2c1CCCC2. The number of aryl methyl sites for hydroxylation is 1.